The van der Waals surface area contributed by atoms with Crippen LogP contribution in [-0.2, 0) is 21.7 Å². The molecule has 0 radical (unpaired) electrons. The second-order valence-electron chi connectivity index (χ2n) is 15.1. The topological polar surface area (TPSA) is 64.5 Å². The van der Waals surface area contributed by atoms with Crippen LogP contribution in [-0.4, -0.2) is 10.2 Å². The number of benzene rings is 2. The van der Waals surface area contributed by atoms with E-state index in [1.54, 1.807) is 23.5 Å². The van der Waals surface area contributed by atoms with Gasteiger partial charge in [-0.1, -0.05) is 119 Å². The largest absolute Gasteiger partial charge is 0.507 e. The lowest BCUT2D eigenvalue weighted by Crippen LogP contribution is -2.17. The molecular weight excluding hydrogens is 533 g/mol. The average molecular weight is 579 g/mol. The molecule has 0 saturated heterocycles. The summed E-state index contributed by atoms with van der Waals surface area (Å²) in [5.41, 5.74) is 5.57. The highest BCUT2D eigenvalue weighted by atomic mass is 32.2. The van der Waals surface area contributed by atoms with Gasteiger partial charge in [0.05, 0.1) is 10.1 Å². The highest BCUT2D eigenvalue weighted by molar-refractivity contribution is 8.12. The molecule has 0 fully saturated rings. The van der Waals surface area contributed by atoms with E-state index in [2.05, 4.69) is 118 Å². The van der Waals surface area contributed by atoms with Crippen molar-refractivity contribution in [3.63, 3.8) is 0 Å². The molecule has 4 N–H and O–H groups in total. The van der Waals surface area contributed by atoms with Crippen LogP contribution in [0, 0.1) is 0 Å². The van der Waals surface area contributed by atoms with Crippen LogP contribution in [0.2, 0.25) is 0 Å². The zero-order chi connectivity index (χ0) is 30.0. The monoisotopic (exact) mass is 578 g/mol. The van der Waals surface area contributed by atoms with Crippen LogP contribution < -0.4 is 10.6 Å². The maximum atomic E-state index is 11.2. The molecule has 40 heavy (non-hydrogen) atoms. The third-order valence-electron chi connectivity index (χ3n) is 7.30. The minimum absolute atomic E-state index is 0.0307. The van der Waals surface area contributed by atoms with E-state index in [1.807, 2.05) is 12.2 Å². The number of phenols is 2. The average Bonchev–Trinajstić information content (AvgIpc) is 3.31. The van der Waals surface area contributed by atoms with Crippen molar-refractivity contribution in [3.8, 4) is 11.5 Å². The Morgan fingerprint density at radius 3 is 1.12 bits per heavy atom. The van der Waals surface area contributed by atoms with E-state index >= 15 is 0 Å². The Balaban J connectivity index is 1.62. The normalized spacial score (nSPS) is 18.4. The van der Waals surface area contributed by atoms with Crippen LogP contribution >= 0.6 is 23.5 Å². The molecule has 2 aliphatic rings. The molecule has 0 bridgehead atoms. The Kier molecular flexibility index (Phi) is 7.73. The van der Waals surface area contributed by atoms with Gasteiger partial charge >= 0.3 is 0 Å². The summed E-state index contributed by atoms with van der Waals surface area (Å²) >= 11 is 3.26. The third-order valence-corrected chi connectivity index (χ3v) is 9.33. The fourth-order valence-corrected chi connectivity index (χ4v) is 6.82. The summed E-state index contributed by atoms with van der Waals surface area (Å²) in [6, 6.07) is 8.50. The molecule has 0 spiro atoms. The maximum Gasteiger partial charge on any atom is 0.126 e. The SMILES string of the molecule is CC(C)(C)c1cc(C=C2NC3=C(NC(=Cc4cc(C(C)(C)C)cc(C(C)(C)C)c4O)S3)S2)c(O)c(C(C)(C)C)c1. The van der Waals surface area contributed by atoms with Crippen molar-refractivity contribution in [1.29, 1.82) is 0 Å². The summed E-state index contributed by atoms with van der Waals surface area (Å²) in [5.74, 6) is 0.681. The molecule has 6 heteroatoms. The fourth-order valence-electron chi connectivity index (χ4n) is 4.71. The van der Waals surface area contributed by atoms with Crippen molar-refractivity contribution < 1.29 is 10.2 Å². The Bertz CT molecular complexity index is 1310. The number of hydrogen-bond acceptors (Lipinski definition) is 6. The molecule has 0 amide bonds. The van der Waals surface area contributed by atoms with Gasteiger partial charge in [-0.3, -0.25) is 0 Å². The molecule has 0 saturated carbocycles. The molecular formula is C34H46N2O2S2. The van der Waals surface area contributed by atoms with Crippen LogP contribution in [0.5, 0.6) is 11.5 Å². The first-order chi connectivity index (χ1) is 18.1. The summed E-state index contributed by atoms with van der Waals surface area (Å²) in [7, 11) is 0. The fraction of sp³-hybridized carbons (Fsp3) is 0.471. The lowest BCUT2D eigenvalue weighted by Gasteiger charge is -2.27. The standard InChI is InChI=1S/C34H46N2O2S2/c1-31(2,3)21-13-19(27(37)23(17-21)33(7,8)9)15-25-35-29-30(39-25)36-26(40-29)16-20-14-22(32(4,5)6)18-24(28(20)38)34(10,11)12/h13-18,35-38H,1-12H3. The van der Waals surface area contributed by atoms with Crippen molar-refractivity contribution in [2.75, 3.05) is 0 Å². The minimum Gasteiger partial charge on any atom is -0.507 e. The number of thioether (sulfide) groups is 2. The second kappa shape index (κ2) is 10.1. The van der Waals surface area contributed by atoms with Gasteiger partial charge < -0.3 is 20.8 Å². The Morgan fingerprint density at radius 1 is 0.525 bits per heavy atom. The quantitative estimate of drug-likeness (QED) is 0.285. The van der Waals surface area contributed by atoms with E-state index in [0.29, 0.717) is 11.5 Å². The van der Waals surface area contributed by atoms with E-state index in [0.717, 1.165) is 42.4 Å². The van der Waals surface area contributed by atoms with Crippen LogP contribution in [0.15, 0.2) is 44.4 Å². The van der Waals surface area contributed by atoms with Crippen molar-refractivity contribution in [2.24, 2.45) is 0 Å². The first-order valence-corrected chi connectivity index (χ1v) is 15.6. The van der Waals surface area contributed by atoms with Gasteiger partial charge in [-0.2, -0.15) is 0 Å². The number of phenolic OH excluding ortho intramolecular Hbond substituents is 2. The van der Waals surface area contributed by atoms with E-state index in [4.69, 9.17) is 0 Å². The highest BCUT2D eigenvalue weighted by Gasteiger charge is 2.30. The van der Waals surface area contributed by atoms with Gasteiger partial charge in [-0.15, -0.1) is 0 Å². The summed E-state index contributed by atoms with van der Waals surface area (Å²) in [4.78, 5) is 0. The van der Waals surface area contributed by atoms with Gasteiger partial charge in [0.25, 0.3) is 0 Å². The van der Waals surface area contributed by atoms with Gasteiger partial charge in [0.15, 0.2) is 0 Å². The zero-order valence-electron chi connectivity index (χ0n) is 26.2. The summed E-state index contributed by atoms with van der Waals surface area (Å²) in [5, 5.41) is 33.5. The van der Waals surface area contributed by atoms with Crippen molar-refractivity contribution in [1.82, 2.24) is 10.6 Å². The molecule has 2 aromatic rings. The Morgan fingerprint density at radius 2 is 0.850 bits per heavy atom. The second-order valence-corrected chi connectivity index (χ2v) is 17.2. The highest BCUT2D eigenvalue weighted by Crippen LogP contribution is 2.48. The number of rotatable bonds is 2. The van der Waals surface area contributed by atoms with E-state index in [9.17, 15) is 10.2 Å². The van der Waals surface area contributed by atoms with Gasteiger partial charge in [0, 0.05) is 22.3 Å². The molecule has 0 aliphatic carbocycles. The Hall–Kier alpha value is -2.44. The predicted molar refractivity (Wildman–Crippen MR) is 175 cm³/mol. The van der Waals surface area contributed by atoms with Gasteiger partial charge in [-0.25, -0.2) is 0 Å². The van der Waals surface area contributed by atoms with Gasteiger partial charge in [0.2, 0.25) is 0 Å². The third kappa shape index (κ3) is 6.38. The van der Waals surface area contributed by atoms with E-state index in [-0.39, 0.29) is 21.7 Å². The Labute approximate surface area is 249 Å². The molecule has 2 heterocycles. The molecule has 2 aromatic carbocycles. The van der Waals surface area contributed by atoms with Crippen LogP contribution in [0.4, 0.5) is 0 Å². The first-order valence-electron chi connectivity index (χ1n) is 14.0. The summed E-state index contributed by atoms with van der Waals surface area (Å²) in [6.07, 6.45) is 4.09. The number of hydrogen-bond donors (Lipinski definition) is 4. The van der Waals surface area contributed by atoms with Crippen LogP contribution in [0.3, 0.4) is 0 Å². The molecule has 0 aromatic heterocycles. The van der Waals surface area contributed by atoms with Crippen molar-refractivity contribution in [3.05, 3.63) is 77.8 Å². The minimum atomic E-state index is -0.172. The molecule has 4 nitrogen and oxygen atoms in total. The predicted octanol–water partition coefficient (Wildman–Crippen LogP) is 9.38. The van der Waals surface area contributed by atoms with Crippen LogP contribution in [0.25, 0.3) is 12.2 Å². The lowest BCUT2D eigenvalue weighted by atomic mass is 9.79. The molecule has 0 atom stereocenters. The number of aromatic hydroxyl groups is 2. The lowest BCUT2D eigenvalue weighted by molar-refractivity contribution is 0.442. The molecule has 0 unspecified atom stereocenters. The van der Waals surface area contributed by atoms with Crippen molar-refractivity contribution >= 4 is 35.7 Å². The van der Waals surface area contributed by atoms with E-state index < -0.39 is 0 Å². The van der Waals surface area contributed by atoms with Crippen molar-refractivity contribution in [2.45, 2.75) is 105 Å². The van der Waals surface area contributed by atoms with E-state index in [1.165, 1.54) is 11.1 Å². The maximum absolute atomic E-state index is 11.2. The molecule has 216 valence electrons. The van der Waals surface area contributed by atoms with Gasteiger partial charge in [-0.05, 0) is 57.1 Å². The van der Waals surface area contributed by atoms with Crippen LogP contribution in [0.1, 0.15) is 116 Å². The van der Waals surface area contributed by atoms with Gasteiger partial charge in [0.1, 0.15) is 21.6 Å². The summed E-state index contributed by atoms with van der Waals surface area (Å²) < 4.78 is 0. The first kappa shape index (κ1) is 30.5. The summed E-state index contributed by atoms with van der Waals surface area (Å²) in [6.45, 7) is 26.0. The zero-order valence-corrected chi connectivity index (χ0v) is 27.8. The smallest absolute Gasteiger partial charge is 0.126 e. The molecule has 4 rings (SSSR count). The molecule has 2 aliphatic heterocycles. The number of nitrogens with one attached hydrogen (secondary N) is 2.